The summed E-state index contributed by atoms with van der Waals surface area (Å²) in [6.07, 6.45) is 0. The fraction of sp³-hybridized carbons (Fsp3) is 0.250. The van der Waals surface area contributed by atoms with Crippen LogP contribution in [-0.2, 0) is 0 Å². The molecule has 0 aromatic heterocycles. The molecule has 0 bridgehead atoms. The Labute approximate surface area is 84.9 Å². The first-order valence-corrected chi connectivity index (χ1v) is 4.64. The Morgan fingerprint density at radius 1 is 1.50 bits per heavy atom. The second-order valence-corrected chi connectivity index (χ2v) is 3.85. The van der Waals surface area contributed by atoms with Gasteiger partial charge in [0.1, 0.15) is 5.75 Å². The number of nitrogens with two attached hydrogens (primary N) is 2. The molecule has 0 saturated carbocycles. The smallest absolute Gasteiger partial charge is 0.144 e. The molecule has 0 aliphatic carbocycles. The fourth-order valence-electron chi connectivity index (χ4n) is 0.968. The van der Waals surface area contributed by atoms with Gasteiger partial charge < -0.3 is 16.6 Å². The highest BCUT2D eigenvalue weighted by Gasteiger charge is 2.10. The number of hydrogen-bond donors (Lipinski definition) is 3. The molecule has 5 N–H and O–H groups in total. The van der Waals surface area contributed by atoms with Crippen LogP contribution in [0.5, 0.6) is 5.75 Å². The summed E-state index contributed by atoms with van der Waals surface area (Å²) in [5, 5.41) is 9.54. The van der Waals surface area contributed by atoms with Gasteiger partial charge in [-0.3, -0.25) is 0 Å². The van der Waals surface area contributed by atoms with Gasteiger partial charge in [0.15, 0.2) is 0 Å². The SMILES string of the molecule is C[C@H](N)c1ccc(I)c(N)c1O. The number of anilines is 1. The van der Waals surface area contributed by atoms with Gasteiger partial charge in [0.25, 0.3) is 0 Å². The van der Waals surface area contributed by atoms with Crippen LogP contribution in [0.2, 0.25) is 0 Å². The minimum atomic E-state index is -0.190. The van der Waals surface area contributed by atoms with Crippen molar-refractivity contribution in [2.24, 2.45) is 5.73 Å². The second kappa shape index (κ2) is 3.49. The summed E-state index contributed by atoms with van der Waals surface area (Å²) in [6.45, 7) is 1.81. The Kier molecular flexibility index (Phi) is 2.79. The Morgan fingerprint density at radius 3 is 2.58 bits per heavy atom. The summed E-state index contributed by atoms with van der Waals surface area (Å²) in [4.78, 5) is 0. The Balaban J connectivity index is 3.27. The molecule has 1 atom stereocenters. The molecule has 1 aromatic rings. The number of phenolic OH excluding ortho intramolecular Hbond substituents is 1. The predicted octanol–water partition coefficient (Wildman–Crippen LogP) is 1.60. The molecule has 1 rings (SSSR count). The lowest BCUT2D eigenvalue weighted by molar-refractivity contribution is 0.466. The molecular weight excluding hydrogens is 267 g/mol. The van der Waals surface area contributed by atoms with Crippen LogP contribution >= 0.6 is 22.6 Å². The van der Waals surface area contributed by atoms with Crippen molar-refractivity contribution in [2.75, 3.05) is 5.73 Å². The first kappa shape index (κ1) is 9.60. The lowest BCUT2D eigenvalue weighted by Gasteiger charge is -2.10. The number of benzene rings is 1. The lowest BCUT2D eigenvalue weighted by Crippen LogP contribution is -2.06. The van der Waals surface area contributed by atoms with Gasteiger partial charge in [0.2, 0.25) is 0 Å². The van der Waals surface area contributed by atoms with E-state index in [-0.39, 0.29) is 11.8 Å². The van der Waals surface area contributed by atoms with E-state index in [1.165, 1.54) is 0 Å². The average molecular weight is 278 g/mol. The summed E-state index contributed by atoms with van der Waals surface area (Å²) in [5.74, 6) is 0.108. The number of phenols is 1. The third kappa shape index (κ3) is 1.64. The first-order chi connectivity index (χ1) is 5.54. The summed E-state index contributed by atoms with van der Waals surface area (Å²) in [6, 6.07) is 3.44. The molecule has 0 unspecified atom stereocenters. The molecule has 1 aromatic carbocycles. The van der Waals surface area contributed by atoms with E-state index in [0.717, 1.165) is 3.57 Å². The molecule has 0 spiro atoms. The van der Waals surface area contributed by atoms with Crippen LogP contribution in [0.15, 0.2) is 12.1 Å². The highest BCUT2D eigenvalue weighted by molar-refractivity contribution is 14.1. The van der Waals surface area contributed by atoms with E-state index < -0.39 is 0 Å². The van der Waals surface area contributed by atoms with Gasteiger partial charge in [-0.25, -0.2) is 0 Å². The number of aromatic hydroxyl groups is 1. The molecule has 0 aliphatic rings. The predicted molar refractivity (Wildman–Crippen MR) is 57.8 cm³/mol. The van der Waals surface area contributed by atoms with Crippen LogP contribution in [0.3, 0.4) is 0 Å². The summed E-state index contributed by atoms with van der Waals surface area (Å²) in [5.41, 5.74) is 12.3. The van der Waals surface area contributed by atoms with E-state index in [1.807, 2.05) is 6.07 Å². The fourth-order valence-corrected chi connectivity index (χ4v) is 1.40. The zero-order valence-electron chi connectivity index (χ0n) is 6.71. The quantitative estimate of drug-likeness (QED) is 0.415. The van der Waals surface area contributed by atoms with E-state index in [9.17, 15) is 5.11 Å². The minimum absolute atomic E-state index is 0.108. The molecule has 0 saturated heterocycles. The molecular formula is C8H11IN2O. The van der Waals surface area contributed by atoms with E-state index in [2.05, 4.69) is 22.6 Å². The van der Waals surface area contributed by atoms with E-state index in [4.69, 9.17) is 11.5 Å². The van der Waals surface area contributed by atoms with Crippen molar-refractivity contribution >= 4 is 28.3 Å². The van der Waals surface area contributed by atoms with Crippen LogP contribution in [0.4, 0.5) is 5.69 Å². The first-order valence-electron chi connectivity index (χ1n) is 3.56. The van der Waals surface area contributed by atoms with Gasteiger partial charge in [-0.05, 0) is 35.6 Å². The number of halogens is 1. The largest absolute Gasteiger partial charge is 0.505 e. The Morgan fingerprint density at radius 2 is 2.08 bits per heavy atom. The number of hydrogen-bond acceptors (Lipinski definition) is 3. The van der Waals surface area contributed by atoms with Crippen molar-refractivity contribution < 1.29 is 5.11 Å². The van der Waals surface area contributed by atoms with Crippen molar-refractivity contribution in [1.82, 2.24) is 0 Å². The van der Waals surface area contributed by atoms with E-state index in [1.54, 1.807) is 13.0 Å². The van der Waals surface area contributed by atoms with Gasteiger partial charge in [0, 0.05) is 15.2 Å². The summed E-state index contributed by atoms with van der Waals surface area (Å²) >= 11 is 2.06. The van der Waals surface area contributed by atoms with Crippen LogP contribution in [0, 0.1) is 3.57 Å². The zero-order chi connectivity index (χ0) is 9.30. The highest BCUT2D eigenvalue weighted by Crippen LogP contribution is 2.32. The maximum absolute atomic E-state index is 9.54. The molecule has 0 fully saturated rings. The molecule has 66 valence electrons. The van der Waals surface area contributed by atoms with Gasteiger partial charge in [-0.15, -0.1) is 0 Å². The van der Waals surface area contributed by atoms with Crippen LogP contribution in [-0.4, -0.2) is 5.11 Å². The average Bonchev–Trinajstić information content (AvgIpc) is 2.00. The van der Waals surface area contributed by atoms with Gasteiger partial charge in [-0.1, -0.05) is 6.07 Å². The van der Waals surface area contributed by atoms with Crippen molar-refractivity contribution in [2.45, 2.75) is 13.0 Å². The molecule has 0 heterocycles. The lowest BCUT2D eigenvalue weighted by atomic mass is 10.1. The Hall–Kier alpha value is -0.490. The third-order valence-electron chi connectivity index (χ3n) is 1.69. The standard InChI is InChI=1S/C8H11IN2O/c1-4(10)5-2-3-6(9)7(11)8(5)12/h2-4,12H,10-11H2,1H3/t4-/m0/s1. The van der Waals surface area contributed by atoms with Crippen molar-refractivity contribution in [3.8, 4) is 5.75 Å². The Bertz CT molecular complexity index is 299. The van der Waals surface area contributed by atoms with Crippen LogP contribution < -0.4 is 11.5 Å². The molecule has 12 heavy (non-hydrogen) atoms. The van der Waals surface area contributed by atoms with Crippen LogP contribution in [0.1, 0.15) is 18.5 Å². The number of nitrogen functional groups attached to an aromatic ring is 1. The third-order valence-corrected chi connectivity index (χ3v) is 2.63. The van der Waals surface area contributed by atoms with Gasteiger partial charge in [0.05, 0.1) is 5.69 Å². The number of rotatable bonds is 1. The van der Waals surface area contributed by atoms with E-state index >= 15 is 0 Å². The van der Waals surface area contributed by atoms with Gasteiger partial charge in [-0.2, -0.15) is 0 Å². The highest BCUT2D eigenvalue weighted by atomic mass is 127. The molecule has 0 aliphatic heterocycles. The molecule has 4 heteroatoms. The van der Waals surface area contributed by atoms with Crippen molar-refractivity contribution in [3.05, 3.63) is 21.3 Å². The molecule has 3 nitrogen and oxygen atoms in total. The van der Waals surface area contributed by atoms with Crippen molar-refractivity contribution in [1.29, 1.82) is 0 Å². The maximum atomic E-state index is 9.54. The molecule has 0 radical (unpaired) electrons. The van der Waals surface area contributed by atoms with Crippen molar-refractivity contribution in [3.63, 3.8) is 0 Å². The van der Waals surface area contributed by atoms with E-state index in [0.29, 0.717) is 11.3 Å². The zero-order valence-corrected chi connectivity index (χ0v) is 8.87. The normalized spacial score (nSPS) is 12.9. The second-order valence-electron chi connectivity index (χ2n) is 2.69. The minimum Gasteiger partial charge on any atom is -0.505 e. The molecule has 0 amide bonds. The summed E-state index contributed by atoms with van der Waals surface area (Å²) < 4.78 is 0.842. The monoisotopic (exact) mass is 278 g/mol. The van der Waals surface area contributed by atoms with Crippen LogP contribution in [0.25, 0.3) is 0 Å². The summed E-state index contributed by atoms with van der Waals surface area (Å²) in [7, 11) is 0. The van der Waals surface area contributed by atoms with Gasteiger partial charge >= 0.3 is 0 Å². The maximum Gasteiger partial charge on any atom is 0.144 e. The topological polar surface area (TPSA) is 72.3 Å².